The Morgan fingerprint density at radius 1 is 0.706 bits per heavy atom. The molecule has 0 aliphatic rings. The average molecular weight is 289 g/mol. The van der Waals surface area contributed by atoms with E-state index < -0.39 is 0 Å². The maximum absolute atomic E-state index is 10.3. The second-order valence-electron chi connectivity index (χ2n) is 3.91. The molecule has 17 heavy (non-hydrogen) atoms. The van der Waals surface area contributed by atoms with Gasteiger partial charge in [-0.1, -0.05) is 52.3 Å². The van der Waals surface area contributed by atoms with Crippen LogP contribution in [0.3, 0.4) is 0 Å². The fourth-order valence-corrected chi connectivity index (χ4v) is 2.69. The Kier molecular flexibility index (Phi) is 2.23. The van der Waals surface area contributed by atoms with Crippen molar-refractivity contribution in [2.45, 2.75) is 0 Å². The number of benzene rings is 3. The zero-order chi connectivity index (χ0) is 12.0. The summed E-state index contributed by atoms with van der Waals surface area (Å²) >= 11 is 3.40. The van der Waals surface area contributed by atoms with E-state index in [0.717, 1.165) is 4.47 Å². The molecule has 2 N–H and O–H groups in total. The molecule has 0 saturated heterocycles. The maximum Gasteiger partial charge on any atom is 0.132 e. The van der Waals surface area contributed by atoms with Gasteiger partial charge >= 0.3 is 0 Å². The van der Waals surface area contributed by atoms with Crippen LogP contribution in [0.4, 0.5) is 0 Å². The number of fused-ring (bicyclic) bond motifs is 2. The van der Waals surface area contributed by atoms with Crippen LogP contribution in [0.5, 0.6) is 11.5 Å². The Balaban J connectivity index is 2.69. The number of phenolic OH excluding ortho intramolecular Hbond substituents is 2. The molecular formula is C14H9BrO2. The molecule has 3 aromatic rings. The van der Waals surface area contributed by atoms with Crippen LogP contribution < -0.4 is 0 Å². The lowest BCUT2D eigenvalue weighted by molar-refractivity contribution is 0.478. The van der Waals surface area contributed by atoms with Crippen LogP contribution in [0.25, 0.3) is 21.5 Å². The molecule has 3 rings (SSSR count). The normalized spacial score (nSPS) is 11.1. The van der Waals surface area contributed by atoms with E-state index in [0.29, 0.717) is 21.5 Å². The molecule has 0 heterocycles. The first-order valence-corrected chi connectivity index (χ1v) is 6.00. The van der Waals surface area contributed by atoms with E-state index in [1.165, 1.54) is 0 Å². The molecule has 84 valence electrons. The van der Waals surface area contributed by atoms with Crippen LogP contribution in [0.2, 0.25) is 0 Å². The van der Waals surface area contributed by atoms with Crippen LogP contribution in [-0.2, 0) is 0 Å². The molecule has 0 radical (unpaired) electrons. The molecule has 0 bridgehead atoms. The number of aromatic hydroxyl groups is 2. The number of phenols is 2. The van der Waals surface area contributed by atoms with Crippen LogP contribution in [0.1, 0.15) is 0 Å². The summed E-state index contributed by atoms with van der Waals surface area (Å²) in [5.41, 5.74) is 0. The third-order valence-corrected chi connectivity index (χ3v) is 3.60. The Hall–Kier alpha value is -1.74. The van der Waals surface area contributed by atoms with Gasteiger partial charge in [-0.3, -0.25) is 0 Å². The summed E-state index contributed by atoms with van der Waals surface area (Å²) in [6.07, 6.45) is 0. The van der Waals surface area contributed by atoms with Crippen molar-refractivity contribution in [3.8, 4) is 11.5 Å². The summed E-state index contributed by atoms with van der Waals surface area (Å²) in [5.74, 6) is 0.399. The minimum Gasteiger partial charge on any atom is -0.507 e. The van der Waals surface area contributed by atoms with Gasteiger partial charge in [-0.15, -0.1) is 0 Å². The highest BCUT2D eigenvalue weighted by molar-refractivity contribution is 9.10. The summed E-state index contributed by atoms with van der Waals surface area (Å²) in [6, 6.07) is 12.7. The number of hydrogen-bond donors (Lipinski definition) is 2. The topological polar surface area (TPSA) is 40.5 Å². The van der Waals surface area contributed by atoms with Gasteiger partial charge < -0.3 is 10.2 Å². The quantitative estimate of drug-likeness (QED) is 0.482. The van der Waals surface area contributed by atoms with Gasteiger partial charge in [-0.2, -0.15) is 0 Å². The molecule has 0 saturated carbocycles. The minimum absolute atomic E-state index is 0.195. The van der Waals surface area contributed by atoms with Crippen molar-refractivity contribution in [2.24, 2.45) is 0 Å². The van der Waals surface area contributed by atoms with E-state index in [9.17, 15) is 10.2 Å². The highest BCUT2D eigenvalue weighted by atomic mass is 79.9. The molecule has 0 amide bonds. The fraction of sp³-hybridized carbons (Fsp3) is 0. The van der Waals surface area contributed by atoms with Crippen molar-refractivity contribution in [3.63, 3.8) is 0 Å². The SMILES string of the molecule is Oc1c2ccccc2c(O)c2c(Br)cccc12. The van der Waals surface area contributed by atoms with Gasteiger partial charge in [0.05, 0.1) is 0 Å². The monoisotopic (exact) mass is 288 g/mol. The molecular weight excluding hydrogens is 280 g/mol. The summed E-state index contributed by atoms with van der Waals surface area (Å²) in [5, 5.41) is 23.1. The number of rotatable bonds is 0. The molecule has 3 heteroatoms. The van der Waals surface area contributed by atoms with E-state index in [4.69, 9.17) is 0 Å². The second kappa shape index (κ2) is 3.64. The molecule has 0 atom stereocenters. The largest absolute Gasteiger partial charge is 0.507 e. The summed E-state index contributed by atoms with van der Waals surface area (Å²) in [4.78, 5) is 0. The molecule has 0 unspecified atom stereocenters. The van der Waals surface area contributed by atoms with Crippen molar-refractivity contribution in [1.82, 2.24) is 0 Å². The van der Waals surface area contributed by atoms with Crippen molar-refractivity contribution in [1.29, 1.82) is 0 Å². The zero-order valence-corrected chi connectivity index (χ0v) is 10.4. The fourth-order valence-electron chi connectivity index (χ4n) is 2.14. The van der Waals surface area contributed by atoms with E-state index >= 15 is 0 Å². The predicted octanol–water partition coefficient (Wildman–Crippen LogP) is 4.17. The Morgan fingerprint density at radius 3 is 2.00 bits per heavy atom. The minimum atomic E-state index is 0.195. The van der Waals surface area contributed by atoms with Crippen LogP contribution in [-0.4, -0.2) is 10.2 Å². The van der Waals surface area contributed by atoms with Gasteiger partial charge in [0.25, 0.3) is 0 Å². The summed E-state index contributed by atoms with van der Waals surface area (Å²) in [7, 11) is 0. The third kappa shape index (κ3) is 1.39. The van der Waals surface area contributed by atoms with Gasteiger partial charge in [0.15, 0.2) is 0 Å². The van der Waals surface area contributed by atoms with E-state index in [2.05, 4.69) is 15.9 Å². The predicted molar refractivity (Wildman–Crippen MR) is 72.5 cm³/mol. The smallest absolute Gasteiger partial charge is 0.132 e. The van der Waals surface area contributed by atoms with Gasteiger partial charge in [0.2, 0.25) is 0 Å². The van der Waals surface area contributed by atoms with Gasteiger partial charge in [0.1, 0.15) is 11.5 Å². The lowest BCUT2D eigenvalue weighted by Gasteiger charge is -2.10. The Bertz CT molecular complexity index is 735. The zero-order valence-electron chi connectivity index (χ0n) is 8.81. The Morgan fingerprint density at radius 2 is 1.29 bits per heavy atom. The first kappa shape index (κ1) is 10.4. The second-order valence-corrected chi connectivity index (χ2v) is 4.76. The van der Waals surface area contributed by atoms with E-state index in [1.807, 2.05) is 24.3 Å². The average Bonchev–Trinajstić information content (AvgIpc) is 2.36. The molecule has 0 aromatic heterocycles. The molecule has 2 nitrogen and oxygen atoms in total. The van der Waals surface area contributed by atoms with E-state index in [-0.39, 0.29) is 11.5 Å². The van der Waals surface area contributed by atoms with Crippen molar-refractivity contribution in [2.75, 3.05) is 0 Å². The van der Waals surface area contributed by atoms with Crippen molar-refractivity contribution in [3.05, 3.63) is 46.9 Å². The van der Waals surface area contributed by atoms with Crippen LogP contribution in [0, 0.1) is 0 Å². The van der Waals surface area contributed by atoms with E-state index in [1.54, 1.807) is 18.2 Å². The van der Waals surface area contributed by atoms with Crippen molar-refractivity contribution >= 4 is 37.5 Å². The Labute approximate surface area is 106 Å². The van der Waals surface area contributed by atoms with Crippen LogP contribution >= 0.6 is 15.9 Å². The number of halogens is 1. The first-order valence-electron chi connectivity index (χ1n) is 5.21. The third-order valence-electron chi connectivity index (χ3n) is 2.94. The van der Waals surface area contributed by atoms with Gasteiger partial charge in [-0.25, -0.2) is 0 Å². The van der Waals surface area contributed by atoms with Gasteiger partial charge in [-0.05, 0) is 6.07 Å². The molecule has 0 aliphatic heterocycles. The van der Waals surface area contributed by atoms with Gasteiger partial charge in [0, 0.05) is 26.0 Å². The standard InChI is InChI=1S/C14H9BrO2/c15-11-7-3-6-10-12(11)14(17)9-5-2-1-4-8(9)13(10)16/h1-7,16-17H. The highest BCUT2D eigenvalue weighted by Crippen LogP contribution is 2.43. The van der Waals surface area contributed by atoms with Crippen molar-refractivity contribution < 1.29 is 10.2 Å². The molecule has 0 spiro atoms. The van der Waals surface area contributed by atoms with Crippen LogP contribution in [0.15, 0.2) is 46.9 Å². The first-order chi connectivity index (χ1) is 8.20. The molecule has 3 aromatic carbocycles. The lowest BCUT2D eigenvalue weighted by atomic mass is 10.0. The summed E-state index contributed by atoms with van der Waals surface area (Å²) in [6.45, 7) is 0. The highest BCUT2D eigenvalue weighted by Gasteiger charge is 2.13. The lowest BCUT2D eigenvalue weighted by Crippen LogP contribution is -1.82. The number of hydrogen-bond acceptors (Lipinski definition) is 2. The summed E-state index contributed by atoms with van der Waals surface area (Å²) < 4.78 is 0.772. The maximum atomic E-state index is 10.3. The molecule has 0 fully saturated rings. The molecule has 0 aliphatic carbocycles.